The molecule has 3 heteroatoms. The van der Waals surface area contributed by atoms with Crippen molar-refractivity contribution in [2.45, 2.75) is 47.0 Å². The van der Waals surface area contributed by atoms with Gasteiger partial charge in [-0.25, -0.2) is 0 Å². The minimum absolute atomic E-state index is 0.00155. The summed E-state index contributed by atoms with van der Waals surface area (Å²) in [7, 11) is 1.40. The van der Waals surface area contributed by atoms with Gasteiger partial charge in [-0.15, -0.1) is 0 Å². The van der Waals surface area contributed by atoms with Gasteiger partial charge in [0.25, 0.3) is 0 Å². The molecule has 0 N–H and O–H groups in total. The maximum Gasteiger partial charge on any atom is 0.314 e. The molecule has 0 aromatic heterocycles. The molecular formula is C17H26O3. The number of ether oxygens (including phenoxy) is 2. The molecule has 0 aliphatic carbocycles. The molecule has 1 aromatic carbocycles. The van der Waals surface area contributed by atoms with E-state index in [2.05, 4.69) is 32.9 Å². The number of hydrogen-bond acceptors (Lipinski definition) is 3. The Kier molecular flexibility index (Phi) is 4.85. The Hall–Kier alpha value is -1.51. The summed E-state index contributed by atoms with van der Waals surface area (Å²) < 4.78 is 10.7. The molecule has 20 heavy (non-hydrogen) atoms. The van der Waals surface area contributed by atoms with Crippen molar-refractivity contribution in [2.75, 3.05) is 13.7 Å². The first-order valence-electron chi connectivity index (χ1n) is 6.90. The van der Waals surface area contributed by atoms with Crippen molar-refractivity contribution < 1.29 is 14.3 Å². The van der Waals surface area contributed by atoms with E-state index < -0.39 is 5.41 Å². The molecule has 0 amide bonds. The summed E-state index contributed by atoms with van der Waals surface area (Å²) in [6, 6.07) is 6.20. The fourth-order valence-corrected chi connectivity index (χ4v) is 1.96. The van der Waals surface area contributed by atoms with Gasteiger partial charge in [-0.2, -0.15) is 0 Å². The summed E-state index contributed by atoms with van der Waals surface area (Å²) in [6.07, 6.45) is 0. The van der Waals surface area contributed by atoms with E-state index in [0.717, 1.165) is 16.9 Å². The van der Waals surface area contributed by atoms with Crippen LogP contribution in [-0.4, -0.2) is 19.7 Å². The Morgan fingerprint density at radius 2 is 1.75 bits per heavy atom. The number of hydrogen-bond donors (Lipinski definition) is 0. The summed E-state index contributed by atoms with van der Waals surface area (Å²) >= 11 is 0. The first-order valence-corrected chi connectivity index (χ1v) is 6.90. The average Bonchev–Trinajstić information content (AvgIpc) is 2.34. The van der Waals surface area contributed by atoms with Crippen LogP contribution in [0.25, 0.3) is 0 Å². The highest BCUT2D eigenvalue weighted by molar-refractivity contribution is 5.75. The molecule has 1 rings (SSSR count). The van der Waals surface area contributed by atoms with Gasteiger partial charge < -0.3 is 9.47 Å². The molecule has 0 atom stereocenters. The lowest BCUT2D eigenvalue weighted by Crippen LogP contribution is -2.32. The Bertz CT molecular complexity index is 481. The lowest BCUT2D eigenvalue weighted by atomic mass is 9.85. The zero-order valence-electron chi connectivity index (χ0n) is 13.7. The third-order valence-electron chi connectivity index (χ3n) is 3.27. The summed E-state index contributed by atoms with van der Waals surface area (Å²) in [5, 5.41) is 0. The van der Waals surface area contributed by atoms with E-state index >= 15 is 0 Å². The summed E-state index contributed by atoms with van der Waals surface area (Å²) in [4.78, 5) is 11.7. The van der Waals surface area contributed by atoms with Gasteiger partial charge in [-0.05, 0) is 43.4 Å². The van der Waals surface area contributed by atoms with E-state index in [4.69, 9.17) is 9.47 Å². The van der Waals surface area contributed by atoms with E-state index in [9.17, 15) is 4.79 Å². The molecule has 0 saturated carbocycles. The van der Waals surface area contributed by atoms with Gasteiger partial charge in [0, 0.05) is 0 Å². The SMILES string of the molecule is COC(=O)C(C)(C)COc1cc(C)ccc1C(C)(C)C. The molecule has 0 radical (unpaired) electrons. The van der Waals surface area contributed by atoms with Gasteiger partial charge >= 0.3 is 5.97 Å². The van der Waals surface area contributed by atoms with E-state index in [1.165, 1.54) is 7.11 Å². The standard InChI is InChI=1S/C17H26O3/c1-12-8-9-13(16(2,3)4)14(10-12)20-11-17(5,6)15(18)19-7/h8-10H,11H2,1-7H3. The Morgan fingerprint density at radius 1 is 1.15 bits per heavy atom. The Balaban J connectivity index is 2.98. The lowest BCUT2D eigenvalue weighted by molar-refractivity contribution is -0.152. The minimum atomic E-state index is -0.659. The quantitative estimate of drug-likeness (QED) is 0.784. The first kappa shape index (κ1) is 16.5. The molecule has 0 aliphatic heterocycles. The van der Waals surface area contributed by atoms with Gasteiger partial charge in [0.05, 0.1) is 12.5 Å². The largest absolute Gasteiger partial charge is 0.492 e. The Labute approximate surface area is 122 Å². The zero-order chi connectivity index (χ0) is 15.6. The normalized spacial score (nSPS) is 12.2. The summed E-state index contributed by atoms with van der Waals surface area (Å²) in [6.45, 7) is 12.4. The zero-order valence-corrected chi connectivity index (χ0v) is 13.7. The van der Waals surface area contributed by atoms with Crippen molar-refractivity contribution >= 4 is 5.97 Å². The number of esters is 1. The molecule has 0 spiro atoms. The van der Waals surface area contributed by atoms with Crippen molar-refractivity contribution in [3.8, 4) is 5.75 Å². The van der Waals surface area contributed by atoms with Gasteiger partial charge in [0.2, 0.25) is 0 Å². The van der Waals surface area contributed by atoms with E-state index in [1.807, 2.05) is 26.8 Å². The molecule has 3 nitrogen and oxygen atoms in total. The van der Waals surface area contributed by atoms with Crippen molar-refractivity contribution in [2.24, 2.45) is 5.41 Å². The molecule has 0 fully saturated rings. The van der Waals surface area contributed by atoms with Crippen LogP contribution in [0.15, 0.2) is 18.2 Å². The van der Waals surface area contributed by atoms with Crippen molar-refractivity contribution in [1.82, 2.24) is 0 Å². The predicted octanol–water partition coefficient (Wildman–Crippen LogP) is 3.87. The molecule has 112 valence electrons. The smallest absolute Gasteiger partial charge is 0.314 e. The highest BCUT2D eigenvalue weighted by Crippen LogP contribution is 2.33. The molecule has 0 saturated heterocycles. The molecule has 0 aliphatic rings. The van der Waals surface area contributed by atoms with Gasteiger partial charge in [-0.3, -0.25) is 4.79 Å². The van der Waals surface area contributed by atoms with Crippen LogP contribution >= 0.6 is 0 Å². The molecule has 0 bridgehead atoms. The second-order valence-corrected chi connectivity index (χ2v) is 6.91. The maximum absolute atomic E-state index is 11.7. The van der Waals surface area contributed by atoms with Gasteiger partial charge in [0.15, 0.2) is 0 Å². The van der Waals surface area contributed by atoms with Crippen molar-refractivity contribution in [3.05, 3.63) is 29.3 Å². The number of rotatable bonds is 4. The molecule has 0 heterocycles. The lowest BCUT2D eigenvalue weighted by Gasteiger charge is -2.26. The van der Waals surface area contributed by atoms with Crippen molar-refractivity contribution in [1.29, 1.82) is 0 Å². The fourth-order valence-electron chi connectivity index (χ4n) is 1.96. The molecule has 0 unspecified atom stereocenters. The number of carbonyl (C=O) groups is 1. The van der Waals surface area contributed by atoms with Gasteiger partial charge in [0.1, 0.15) is 12.4 Å². The number of benzene rings is 1. The second-order valence-electron chi connectivity index (χ2n) is 6.91. The van der Waals surface area contributed by atoms with Crippen LogP contribution in [0.1, 0.15) is 45.7 Å². The van der Waals surface area contributed by atoms with E-state index in [-0.39, 0.29) is 11.4 Å². The maximum atomic E-state index is 11.7. The number of aryl methyl sites for hydroxylation is 1. The average molecular weight is 278 g/mol. The summed E-state index contributed by atoms with van der Waals surface area (Å²) in [5.41, 5.74) is 1.62. The van der Waals surface area contributed by atoms with Crippen LogP contribution in [0.4, 0.5) is 0 Å². The minimum Gasteiger partial charge on any atom is -0.492 e. The van der Waals surface area contributed by atoms with E-state index in [1.54, 1.807) is 0 Å². The summed E-state index contributed by atoms with van der Waals surface area (Å²) in [5.74, 6) is 0.580. The molecular weight excluding hydrogens is 252 g/mol. The highest BCUT2D eigenvalue weighted by atomic mass is 16.5. The second kappa shape index (κ2) is 5.86. The topological polar surface area (TPSA) is 35.5 Å². The third kappa shape index (κ3) is 3.99. The highest BCUT2D eigenvalue weighted by Gasteiger charge is 2.30. The van der Waals surface area contributed by atoms with Crippen LogP contribution < -0.4 is 4.74 Å². The van der Waals surface area contributed by atoms with Crippen LogP contribution in [0.2, 0.25) is 0 Å². The van der Waals surface area contributed by atoms with Gasteiger partial charge in [-0.1, -0.05) is 32.9 Å². The number of carbonyl (C=O) groups excluding carboxylic acids is 1. The first-order chi connectivity index (χ1) is 9.08. The predicted molar refractivity (Wildman–Crippen MR) is 81.2 cm³/mol. The molecule has 1 aromatic rings. The van der Waals surface area contributed by atoms with Crippen LogP contribution in [-0.2, 0) is 14.9 Å². The van der Waals surface area contributed by atoms with E-state index in [0.29, 0.717) is 6.61 Å². The van der Waals surface area contributed by atoms with Crippen molar-refractivity contribution in [3.63, 3.8) is 0 Å². The van der Waals surface area contributed by atoms with Crippen LogP contribution in [0.3, 0.4) is 0 Å². The fraction of sp³-hybridized carbons (Fsp3) is 0.588. The number of methoxy groups -OCH3 is 1. The van der Waals surface area contributed by atoms with Crippen LogP contribution in [0.5, 0.6) is 5.75 Å². The Morgan fingerprint density at radius 3 is 2.25 bits per heavy atom. The monoisotopic (exact) mass is 278 g/mol. The third-order valence-corrected chi connectivity index (χ3v) is 3.27. The van der Waals surface area contributed by atoms with Crippen LogP contribution in [0, 0.1) is 12.3 Å².